The number of ketones is 1. The number of nitrogens with zero attached hydrogens (tertiary/aromatic N) is 3. The van der Waals surface area contributed by atoms with Gasteiger partial charge in [-0.2, -0.15) is 0 Å². The van der Waals surface area contributed by atoms with E-state index in [9.17, 15) is 14.9 Å². The minimum Gasteiger partial charge on any atom is -0.312 e. The van der Waals surface area contributed by atoms with Crippen LogP contribution in [0.4, 0.5) is 11.4 Å². The van der Waals surface area contributed by atoms with Crippen molar-refractivity contribution < 1.29 is 9.72 Å². The summed E-state index contributed by atoms with van der Waals surface area (Å²) in [5, 5.41) is 13.0. The average Bonchev–Trinajstić information content (AvgIpc) is 3.16. The normalized spacial score (nSPS) is 11.1. The largest absolute Gasteiger partial charge is 0.312 e. The predicted molar refractivity (Wildman–Crippen MR) is 132 cm³/mol. The molecular weight excluding hydrogens is 490 g/mol. The number of benzene rings is 3. The third-order valence-corrected chi connectivity index (χ3v) is 5.70. The number of nitro groups is 1. The molecule has 0 amide bonds. The first kappa shape index (κ1) is 23.3. The molecule has 0 spiro atoms. The van der Waals surface area contributed by atoms with E-state index in [4.69, 9.17) is 4.99 Å². The fourth-order valence-corrected chi connectivity index (χ4v) is 4.16. The lowest BCUT2D eigenvalue weighted by Crippen LogP contribution is -2.16. The van der Waals surface area contributed by atoms with Crippen LogP contribution in [0.5, 0.6) is 0 Å². The number of carbonyl (C=O) groups is 1. The minimum atomic E-state index is -0.405. The molecule has 0 aliphatic heterocycles. The van der Waals surface area contributed by atoms with Gasteiger partial charge < -0.3 is 4.57 Å². The summed E-state index contributed by atoms with van der Waals surface area (Å²) >= 11 is 1.49. The quantitative estimate of drug-likeness (QED) is 0.176. The highest BCUT2D eigenvalue weighted by Crippen LogP contribution is 2.24. The van der Waals surface area contributed by atoms with E-state index in [0.717, 1.165) is 21.6 Å². The average molecular weight is 510 g/mol. The van der Waals surface area contributed by atoms with Crippen LogP contribution in [-0.4, -0.2) is 15.3 Å². The van der Waals surface area contributed by atoms with Gasteiger partial charge in [-0.3, -0.25) is 14.9 Å². The maximum Gasteiger partial charge on any atom is 0.269 e. The summed E-state index contributed by atoms with van der Waals surface area (Å²) in [5.74, 6) is -0.00744. The van der Waals surface area contributed by atoms with Crippen molar-refractivity contribution in [2.45, 2.75) is 13.5 Å². The van der Waals surface area contributed by atoms with Crippen LogP contribution in [0.2, 0.25) is 0 Å². The van der Waals surface area contributed by atoms with Crippen molar-refractivity contribution in [3.05, 3.63) is 110 Å². The van der Waals surface area contributed by atoms with Gasteiger partial charge in [0.15, 0.2) is 10.6 Å². The van der Waals surface area contributed by atoms with Crippen LogP contribution in [0.3, 0.4) is 0 Å². The van der Waals surface area contributed by atoms with Gasteiger partial charge in [0.25, 0.3) is 5.69 Å². The van der Waals surface area contributed by atoms with Gasteiger partial charge in [-0.25, -0.2) is 4.99 Å². The predicted octanol–water partition coefficient (Wildman–Crippen LogP) is 6.19. The molecule has 0 aliphatic carbocycles. The van der Waals surface area contributed by atoms with Gasteiger partial charge in [0.2, 0.25) is 0 Å². The molecule has 0 unspecified atom stereocenters. The van der Waals surface area contributed by atoms with Gasteiger partial charge >= 0.3 is 0 Å². The third kappa shape index (κ3) is 5.27. The van der Waals surface area contributed by atoms with E-state index in [1.807, 2.05) is 47.8 Å². The molecule has 162 valence electrons. The second kappa shape index (κ2) is 10.3. The summed E-state index contributed by atoms with van der Waals surface area (Å²) in [7, 11) is 0. The maximum absolute atomic E-state index is 11.7. The highest BCUT2D eigenvalue weighted by atomic mass is 79.9. The van der Waals surface area contributed by atoms with Crippen LogP contribution >= 0.6 is 28.3 Å². The first-order chi connectivity index (χ1) is 15.0. The number of aromatic nitrogens is 1. The van der Waals surface area contributed by atoms with E-state index >= 15 is 0 Å². The molecule has 0 aliphatic rings. The Kier molecular flexibility index (Phi) is 7.50. The van der Waals surface area contributed by atoms with Crippen LogP contribution in [-0.2, 0) is 6.54 Å². The number of carbonyl (C=O) groups excluding carboxylic acids is 1. The summed E-state index contributed by atoms with van der Waals surface area (Å²) in [6.45, 7) is 2.13. The zero-order chi connectivity index (χ0) is 21.8. The van der Waals surface area contributed by atoms with Gasteiger partial charge in [-0.1, -0.05) is 42.5 Å². The van der Waals surface area contributed by atoms with E-state index in [1.165, 1.54) is 30.4 Å². The smallest absolute Gasteiger partial charge is 0.269 e. The third-order valence-electron chi connectivity index (χ3n) is 4.83. The fourth-order valence-electron chi connectivity index (χ4n) is 3.23. The molecule has 4 rings (SSSR count). The second-order valence-corrected chi connectivity index (χ2v) is 7.83. The highest BCUT2D eigenvalue weighted by molar-refractivity contribution is 8.93. The molecule has 4 aromatic rings. The zero-order valence-electron chi connectivity index (χ0n) is 17.2. The molecule has 3 aromatic carbocycles. The highest BCUT2D eigenvalue weighted by Gasteiger charge is 2.12. The molecule has 0 N–H and O–H groups in total. The molecule has 6 nitrogen and oxygen atoms in total. The van der Waals surface area contributed by atoms with Crippen molar-refractivity contribution in [2.24, 2.45) is 4.99 Å². The van der Waals surface area contributed by atoms with E-state index in [2.05, 4.69) is 4.57 Å². The Labute approximate surface area is 199 Å². The van der Waals surface area contributed by atoms with E-state index in [-0.39, 0.29) is 28.5 Å². The van der Waals surface area contributed by atoms with Gasteiger partial charge in [-0.15, -0.1) is 28.3 Å². The van der Waals surface area contributed by atoms with Gasteiger partial charge in [0, 0.05) is 23.1 Å². The molecule has 0 fully saturated rings. The van der Waals surface area contributed by atoms with Crippen molar-refractivity contribution in [3.63, 3.8) is 0 Å². The first-order valence-corrected chi connectivity index (χ1v) is 10.5. The molecule has 0 saturated carbocycles. The summed E-state index contributed by atoms with van der Waals surface area (Å²) in [4.78, 5) is 27.9. The number of Topliss-reactive ketones (excluding diaryl/α,β-unsaturated/α-hetero) is 1. The molecule has 32 heavy (non-hydrogen) atoms. The Hall–Kier alpha value is -3.36. The Morgan fingerprint density at radius 2 is 1.75 bits per heavy atom. The van der Waals surface area contributed by atoms with E-state index < -0.39 is 4.92 Å². The molecule has 0 atom stereocenters. The van der Waals surface area contributed by atoms with Crippen molar-refractivity contribution in [2.75, 3.05) is 0 Å². The van der Waals surface area contributed by atoms with Crippen LogP contribution in [0.1, 0.15) is 22.8 Å². The molecule has 1 aromatic heterocycles. The molecule has 1 heterocycles. The summed E-state index contributed by atoms with van der Waals surface area (Å²) in [6.07, 6.45) is 0. The maximum atomic E-state index is 11.7. The standard InChI is InChI=1S/C24H19N3O3S.BrH/c1-17(28)20-8-5-9-21(14-20)25-24-26(15-18-6-3-2-4-7-18)23(16-31-24)19-10-12-22(13-11-19)27(29)30;/h2-14,16H,15H2,1H3;1H. The lowest BCUT2D eigenvalue weighted by molar-refractivity contribution is -0.384. The van der Waals surface area contributed by atoms with Crippen molar-refractivity contribution >= 4 is 45.5 Å². The monoisotopic (exact) mass is 509 g/mol. The summed E-state index contributed by atoms with van der Waals surface area (Å²) < 4.78 is 2.08. The van der Waals surface area contributed by atoms with Crippen molar-refractivity contribution in [1.82, 2.24) is 4.57 Å². The number of nitro benzene ring substituents is 1. The Morgan fingerprint density at radius 1 is 1.03 bits per heavy atom. The van der Waals surface area contributed by atoms with Gasteiger partial charge in [0.05, 0.1) is 22.8 Å². The molecule has 8 heteroatoms. The molecule has 0 saturated heterocycles. The molecular formula is C24H20BrN3O3S. The number of thiazole rings is 1. The minimum absolute atomic E-state index is 0. The zero-order valence-corrected chi connectivity index (χ0v) is 19.7. The van der Waals surface area contributed by atoms with Crippen LogP contribution in [0.25, 0.3) is 11.3 Å². The number of halogens is 1. The first-order valence-electron chi connectivity index (χ1n) is 9.64. The van der Waals surface area contributed by atoms with Gasteiger partial charge in [-0.05, 0) is 42.3 Å². The number of rotatable bonds is 6. The molecule has 0 radical (unpaired) electrons. The van der Waals surface area contributed by atoms with Gasteiger partial charge in [0.1, 0.15) is 0 Å². The number of hydrogen-bond acceptors (Lipinski definition) is 5. The number of hydrogen-bond donors (Lipinski definition) is 0. The Morgan fingerprint density at radius 3 is 2.41 bits per heavy atom. The SMILES string of the molecule is Br.CC(=O)c1cccc(N=c2scc(-c3ccc([N+](=O)[O-])cc3)n2Cc2ccccc2)c1. The second-order valence-electron chi connectivity index (χ2n) is 7.00. The van der Waals surface area contributed by atoms with E-state index in [1.54, 1.807) is 24.3 Å². The lowest BCUT2D eigenvalue weighted by atomic mass is 10.1. The topological polar surface area (TPSA) is 77.5 Å². The van der Waals surface area contributed by atoms with E-state index in [0.29, 0.717) is 17.8 Å². The lowest BCUT2D eigenvalue weighted by Gasteiger charge is -2.10. The van der Waals surface area contributed by atoms with Crippen LogP contribution < -0.4 is 4.80 Å². The Balaban J connectivity index is 0.00000289. The van der Waals surface area contributed by atoms with Crippen molar-refractivity contribution in [1.29, 1.82) is 0 Å². The Bertz CT molecular complexity index is 1310. The summed E-state index contributed by atoms with van der Waals surface area (Å²) in [5.41, 5.74) is 4.28. The van der Waals surface area contributed by atoms with Crippen molar-refractivity contribution in [3.8, 4) is 11.3 Å². The fraction of sp³-hybridized carbons (Fsp3) is 0.0833. The number of non-ortho nitro benzene ring substituents is 1. The molecule has 0 bridgehead atoms. The van der Waals surface area contributed by atoms with Crippen LogP contribution in [0.15, 0.2) is 89.2 Å². The van der Waals surface area contributed by atoms with Crippen LogP contribution in [0, 0.1) is 10.1 Å². The summed E-state index contributed by atoms with van der Waals surface area (Å²) in [6, 6.07) is 23.8.